The lowest BCUT2D eigenvalue weighted by atomic mass is 9.82. The number of pyridine rings is 1. The lowest BCUT2D eigenvalue weighted by Crippen LogP contribution is -2.41. The van der Waals surface area contributed by atoms with E-state index in [9.17, 15) is 4.79 Å². The van der Waals surface area contributed by atoms with E-state index in [1.165, 1.54) is 0 Å². The number of aromatic nitrogens is 3. The van der Waals surface area contributed by atoms with Crippen LogP contribution in [0.15, 0.2) is 48.8 Å². The van der Waals surface area contributed by atoms with Gasteiger partial charge in [0, 0.05) is 40.3 Å². The number of amides is 1. The smallest absolute Gasteiger partial charge is 0.407 e. The fourth-order valence-electron chi connectivity index (χ4n) is 4.45. The van der Waals surface area contributed by atoms with Crippen LogP contribution in [0.25, 0.3) is 22.4 Å². The highest BCUT2D eigenvalue weighted by atomic mass is 35.5. The topological polar surface area (TPSA) is 79.9 Å². The van der Waals surface area contributed by atoms with Gasteiger partial charge in [0.2, 0.25) is 0 Å². The van der Waals surface area contributed by atoms with E-state index in [0.29, 0.717) is 10.9 Å². The molecule has 0 unspecified atom stereocenters. The van der Waals surface area contributed by atoms with Gasteiger partial charge in [0.1, 0.15) is 11.3 Å². The zero-order valence-corrected chi connectivity index (χ0v) is 20.2. The van der Waals surface area contributed by atoms with Gasteiger partial charge in [-0.25, -0.2) is 4.79 Å². The van der Waals surface area contributed by atoms with Crippen LogP contribution < -0.4 is 5.32 Å². The van der Waals surface area contributed by atoms with Crippen LogP contribution in [0, 0.1) is 5.92 Å². The standard InChI is InChI=1S/C26H31ClN4O2/c1-26(2,3)33-25(32)29-21-10-4-17(5-11-21)16-22-23(18-12-14-28-15-13-18)24(31-30-22)19-6-8-20(27)9-7-19/h6-9,12-15,17,21H,4-5,10-11,16H2,1-3H3,(H,29,32)(H,30,31). The van der Waals surface area contributed by atoms with Crippen LogP contribution in [-0.2, 0) is 11.2 Å². The summed E-state index contributed by atoms with van der Waals surface area (Å²) in [7, 11) is 0. The minimum atomic E-state index is -0.479. The number of carbonyl (C=O) groups is 1. The molecule has 1 saturated carbocycles. The van der Waals surface area contributed by atoms with Crippen molar-refractivity contribution in [3.63, 3.8) is 0 Å². The SMILES string of the molecule is CC(C)(C)OC(=O)NC1CCC(Cc2[nH]nc(-c3ccc(Cl)cc3)c2-c2ccncc2)CC1. The molecule has 174 valence electrons. The van der Waals surface area contributed by atoms with Crippen LogP contribution in [0.3, 0.4) is 0 Å². The second-order valence-corrected chi connectivity index (χ2v) is 10.2. The first-order valence-electron chi connectivity index (χ1n) is 11.5. The van der Waals surface area contributed by atoms with Gasteiger partial charge in [0.15, 0.2) is 0 Å². The summed E-state index contributed by atoms with van der Waals surface area (Å²) < 4.78 is 5.40. The summed E-state index contributed by atoms with van der Waals surface area (Å²) >= 11 is 6.09. The Morgan fingerprint density at radius 3 is 2.36 bits per heavy atom. The zero-order valence-electron chi connectivity index (χ0n) is 19.4. The molecule has 7 heteroatoms. The number of halogens is 1. The van der Waals surface area contributed by atoms with E-state index in [1.54, 1.807) is 0 Å². The highest BCUT2D eigenvalue weighted by Gasteiger charge is 2.27. The van der Waals surface area contributed by atoms with Gasteiger partial charge >= 0.3 is 6.09 Å². The fourth-order valence-corrected chi connectivity index (χ4v) is 4.57. The van der Waals surface area contributed by atoms with E-state index < -0.39 is 5.60 Å². The Hall–Kier alpha value is -2.86. The molecule has 1 aliphatic carbocycles. The van der Waals surface area contributed by atoms with E-state index in [-0.39, 0.29) is 12.1 Å². The number of ether oxygens (including phenoxy) is 1. The number of carbonyl (C=O) groups excluding carboxylic acids is 1. The van der Waals surface area contributed by atoms with Gasteiger partial charge in [-0.15, -0.1) is 0 Å². The van der Waals surface area contributed by atoms with Crippen molar-refractivity contribution in [1.82, 2.24) is 20.5 Å². The Morgan fingerprint density at radius 2 is 1.73 bits per heavy atom. The van der Waals surface area contributed by atoms with Crippen LogP contribution in [0.2, 0.25) is 5.02 Å². The molecule has 1 aliphatic rings. The van der Waals surface area contributed by atoms with Crippen molar-refractivity contribution >= 4 is 17.7 Å². The molecule has 33 heavy (non-hydrogen) atoms. The van der Waals surface area contributed by atoms with Gasteiger partial charge in [-0.3, -0.25) is 10.1 Å². The number of benzene rings is 1. The van der Waals surface area contributed by atoms with Crippen molar-refractivity contribution in [1.29, 1.82) is 0 Å². The molecule has 3 aromatic rings. The summed E-state index contributed by atoms with van der Waals surface area (Å²) in [6.07, 6.45) is 8.21. The normalized spacial score (nSPS) is 18.7. The van der Waals surface area contributed by atoms with Gasteiger partial charge in [0.05, 0.1) is 0 Å². The number of nitrogens with zero attached hydrogens (tertiary/aromatic N) is 2. The number of alkyl carbamates (subject to hydrolysis) is 1. The maximum atomic E-state index is 12.1. The average molecular weight is 467 g/mol. The molecule has 0 radical (unpaired) electrons. The monoisotopic (exact) mass is 466 g/mol. The molecule has 0 spiro atoms. The molecule has 1 amide bonds. The predicted octanol–water partition coefficient (Wildman–Crippen LogP) is 6.42. The summed E-state index contributed by atoms with van der Waals surface area (Å²) in [5.74, 6) is 0.529. The Balaban J connectivity index is 1.47. The van der Waals surface area contributed by atoms with Gasteiger partial charge < -0.3 is 10.1 Å². The first kappa shape index (κ1) is 23.3. The molecule has 0 bridgehead atoms. The molecule has 6 nitrogen and oxygen atoms in total. The van der Waals surface area contributed by atoms with Gasteiger partial charge in [-0.1, -0.05) is 23.7 Å². The predicted molar refractivity (Wildman–Crippen MR) is 131 cm³/mol. The Labute approximate surface area is 200 Å². The molecule has 0 aliphatic heterocycles. The lowest BCUT2D eigenvalue weighted by molar-refractivity contribution is 0.0487. The third kappa shape index (κ3) is 6.14. The van der Waals surface area contributed by atoms with Crippen molar-refractivity contribution in [2.24, 2.45) is 5.92 Å². The highest BCUT2D eigenvalue weighted by molar-refractivity contribution is 6.30. The van der Waals surface area contributed by atoms with Gasteiger partial charge in [-0.2, -0.15) is 5.10 Å². The molecule has 2 heterocycles. The van der Waals surface area contributed by atoms with E-state index in [1.807, 2.05) is 69.6 Å². The molecule has 1 fully saturated rings. The summed E-state index contributed by atoms with van der Waals surface area (Å²) in [5, 5.41) is 11.7. The molecular formula is C26H31ClN4O2. The summed E-state index contributed by atoms with van der Waals surface area (Å²) in [6.45, 7) is 5.64. The largest absolute Gasteiger partial charge is 0.444 e. The van der Waals surface area contributed by atoms with Crippen LogP contribution in [-0.4, -0.2) is 32.9 Å². The summed E-state index contributed by atoms with van der Waals surface area (Å²) in [5.41, 5.74) is 4.82. The molecule has 2 N–H and O–H groups in total. The molecule has 1 aromatic carbocycles. The minimum absolute atomic E-state index is 0.169. The third-order valence-corrected chi connectivity index (χ3v) is 6.24. The van der Waals surface area contributed by atoms with Crippen LogP contribution in [0.5, 0.6) is 0 Å². The van der Waals surface area contributed by atoms with Crippen molar-refractivity contribution in [3.8, 4) is 22.4 Å². The summed E-state index contributed by atoms with van der Waals surface area (Å²) in [4.78, 5) is 16.3. The Bertz CT molecular complexity index is 1070. The number of hydrogen-bond acceptors (Lipinski definition) is 4. The number of rotatable bonds is 5. The lowest BCUT2D eigenvalue weighted by Gasteiger charge is -2.30. The molecule has 0 atom stereocenters. The quantitative estimate of drug-likeness (QED) is 0.454. The van der Waals surface area contributed by atoms with Crippen molar-refractivity contribution < 1.29 is 9.53 Å². The number of nitrogens with one attached hydrogen (secondary N) is 2. The summed E-state index contributed by atoms with van der Waals surface area (Å²) in [6, 6.07) is 12.0. The zero-order chi connectivity index (χ0) is 23.4. The number of hydrogen-bond donors (Lipinski definition) is 2. The number of aromatic amines is 1. The Morgan fingerprint density at radius 1 is 1.06 bits per heavy atom. The second-order valence-electron chi connectivity index (χ2n) is 9.74. The van der Waals surface area contributed by atoms with E-state index >= 15 is 0 Å². The van der Waals surface area contributed by atoms with E-state index in [0.717, 1.165) is 60.2 Å². The molecule has 4 rings (SSSR count). The highest BCUT2D eigenvalue weighted by Crippen LogP contribution is 2.36. The second kappa shape index (κ2) is 9.96. The van der Waals surface area contributed by atoms with Crippen LogP contribution in [0.4, 0.5) is 4.79 Å². The van der Waals surface area contributed by atoms with Gasteiger partial charge in [-0.05, 0) is 88.6 Å². The van der Waals surface area contributed by atoms with Crippen molar-refractivity contribution in [3.05, 3.63) is 59.5 Å². The number of H-pyrrole nitrogens is 1. The van der Waals surface area contributed by atoms with Crippen LogP contribution >= 0.6 is 11.6 Å². The third-order valence-electron chi connectivity index (χ3n) is 5.99. The maximum absolute atomic E-state index is 12.1. The van der Waals surface area contributed by atoms with E-state index in [2.05, 4.69) is 20.5 Å². The van der Waals surface area contributed by atoms with Gasteiger partial charge in [0.25, 0.3) is 0 Å². The Kier molecular flexibility index (Phi) is 7.03. The first-order chi connectivity index (χ1) is 15.8. The fraction of sp³-hybridized carbons (Fsp3) is 0.423. The maximum Gasteiger partial charge on any atom is 0.407 e. The van der Waals surface area contributed by atoms with Crippen molar-refractivity contribution in [2.45, 2.75) is 64.5 Å². The molecule has 2 aromatic heterocycles. The van der Waals surface area contributed by atoms with Crippen LogP contribution in [0.1, 0.15) is 52.1 Å². The molecular weight excluding hydrogens is 436 g/mol. The van der Waals surface area contributed by atoms with E-state index in [4.69, 9.17) is 16.3 Å². The minimum Gasteiger partial charge on any atom is -0.444 e. The first-order valence-corrected chi connectivity index (χ1v) is 11.9. The van der Waals surface area contributed by atoms with Crippen molar-refractivity contribution in [2.75, 3.05) is 0 Å². The average Bonchev–Trinajstić information content (AvgIpc) is 3.18. The molecule has 0 saturated heterocycles.